The third-order valence-electron chi connectivity index (χ3n) is 11.2. The third-order valence-corrected chi connectivity index (χ3v) is 11.2. The van der Waals surface area contributed by atoms with Crippen LogP contribution in [0.25, 0.3) is 0 Å². The molecule has 358 valence electrons. The lowest BCUT2D eigenvalue weighted by Crippen LogP contribution is -2.55. The van der Waals surface area contributed by atoms with Crippen LogP contribution in [0, 0.1) is 0 Å². The number of unbranched alkanes of at least 4 members (excludes halogenated alkanes) is 23. The van der Waals surface area contributed by atoms with Crippen molar-refractivity contribution in [2.24, 2.45) is 0 Å². The predicted octanol–water partition coefficient (Wildman–Crippen LogP) is 13.2. The van der Waals surface area contributed by atoms with Crippen LogP contribution >= 0.6 is 0 Å². The molecule has 2 unspecified atom stereocenters. The quantitative estimate of drug-likeness (QED) is 0.0197. The van der Waals surface area contributed by atoms with Crippen LogP contribution in [-0.2, 0) is 28.6 Å². The molecule has 0 rings (SSSR count). The Morgan fingerprint density at radius 2 is 0.968 bits per heavy atom. The van der Waals surface area contributed by atoms with E-state index in [0.717, 1.165) is 70.6 Å². The largest absolute Gasteiger partial charge is 0.544 e. The van der Waals surface area contributed by atoms with Crippen LogP contribution in [0.1, 0.15) is 213 Å². The maximum absolute atomic E-state index is 12.8. The standard InChI is InChI=1S/C54H95NO7/c1-6-8-10-12-14-16-18-20-22-23-24-25-26-27-28-29-31-32-34-36-38-40-42-44-52(56)61-49-50(48-60-47-46-51(54(58)59)55(3,4)5)62-53(57)45-43-41-39-37-35-33-30-21-19-17-15-13-11-9-7-2/h9,11,13,15,17,19,24-25,27-28,50-51H,6-8,10,12,14,16,18,20-23,26,29-49H2,1-5H3/b11-9+,15-13+,19-17+,25-24+,28-27+. The number of carbonyl (C=O) groups excluding carboxylic acids is 3. The highest BCUT2D eigenvalue weighted by atomic mass is 16.6. The van der Waals surface area contributed by atoms with Crippen molar-refractivity contribution in [1.82, 2.24) is 0 Å². The maximum Gasteiger partial charge on any atom is 0.306 e. The van der Waals surface area contributed by atoms with E-state index in [1.807, 2.05) is 0 Å². The first kappa shape index (κ1) is 59.0. The summed E-state index contributed by atoms with van der Waals surface area (Å²) in [4.78, 5) is 37.0. The summed E-state index contributed by atoms with van der Waals surface area (Å²) < 4.78 is 17.2. The highest BCUT2D eigenvalue weighted by Crippen LogP contribution is 2.15. The number of nitrogens with zero attached hydrogens (tertiary/aromatic N) is 1. The highest BCUT2D eigenvalue weighted by molar-refractivity contribution is 5.70. The van der Waals surface area contributed by atoms with Crippen molar-refractivity contribution < 1.29 is 38.2 Å². The first-order valence-electron chi connectivity index (χ1n) is 25.3. The summed E-state index contributed by atoms with van der Waals surface area (Å²) in [7, 11) is 5.40. The molecular weight excluding hydrogens is 775 g/mol. The number of ether oxygens (including phenoxy) is 3. The maximum atomic E-state index is 12.8. The number of carboxylic acid groups (broad SMARTS) is 1. The lowest BCUT2D eigenvalue weighted by molar-refractivity contribution is -0.889. The van der Waals surface area contributed by atoms with Gasteiger partial charge in [0.2, 0.25) is 0 Å². The molecule has 0 amide bonds. The number of allylic oxidation sites excluding steroid dienone is 10. The van der Waals surface area contributed by atoms with E-state index in [4.69, 9.17) is 14.2 Å². The minimum atomic E-state index is -1.13. The number of aliphatic carboxylic acids is 1. The molecule has 0 aliphatic carbocycles. The second-order valence-electron chi connectivity index (χ2n) is 18.1. The molecule has 0 aliphatic heterocycles. The zero-order chi connectivity index (χ0) is 45.6. The minimum Gasteiger partial charge on any atom is -0.544 e. The Hall–Kier alpha value is -2.97. The van der Waals surface area contributed by atoms with E-state index in [2.05, 4.69) is 74.6 Å². The Labute approximate surface area is 381 Å². The van der Waals surface area contributed by atoms with Crippen molar-refractivity contribution in [3.8, 4) is 0 Å². The predicted molar refractivity (Wildman–Crippen MR) is 259 cm³/mol. The zero-order valence-corrected chi connectivity index (χ0v) is 40.8. The van der Waals surface area contributed by atoms with Crippen LogP contribution in [0.5, 0.6) is 0 Å². The van der Waals surface area contributed by atoms with Crippen molar-refractivity contribution in [3.63, 3.8) is 0 Å². The van der Waals surface area contributed by atoms with E-state index in [1.165, 1.54) is 109 Å². The summed E-state index contributed by atoms with van der Waals surface area (Å²) in [5.74, 6) is -1.76. The van der Waals surface area contributed by atoms with Crippen LogP contribution in [0.15, 0.2) is 60.8 Å². The van der Waals surface area contributed by atoms with Gasteiger partial charge in [-0.1, -0.05) is 190 Å². The molecule has 0 radical (unpaired) electrons. The second kappa shape index (κ2) is 44.6. The second-order valence-corrected chi connectivity index (χ2v) is 18.1. The van der Waals surface area contributed by atoms with Crippen LogP contribution < -0.4 is 5.11 Å². The van der Waals surface area contributed by atoms with Gasteiger partial charge in [-0.2, -0.15) is 0 Å². The molecular formula is C54H95NO7. The Balaban J connectivity index is 4.24. The lowest BCUT2D eigenvalue weighted by atomic mass is 10.1. The van der Waals surface area contributed by atoms with Crippen molar-refractivity contribution in [1.29, 1.82) is 0 Å². The molecule has 62 heavy (non-hydrogen) atoms. The van der Waals surface area contributed by atoms with Crippen molar-refractivity contribution in [3.05, 3.63) is 60.8 Å². The number of hydrogen-bond acceptors (Lipinski definition) is 7. The summed E-state index contributed by atoms with van der Waals surface area (Å²) in [6.45, 7) is 4.52. The zero-order valence-electron chi connectivity index (χ0n) is 40.8. The fourth-order valence-corrected chi connectivity index (χ4v) is 7.28. The smallest absolute Gasteiger partial charge is 0.306 e. The minimum absolute atomic E-state index is 0.0313. The summed E-state index contributed by atoms with van der Waals surface area (Å²) in [5, 5.41) is 11.7. The lowest BCUT2D eigenvalue weighted by Gasteiger charge is -2.34. The average molecular weight is 870 g/mol. The monoisotopic (exact) mass is 870 g/mol. The van der Waals surface area contributed by atoms with Crippen molar-refractivity contribution >= 4 is 17.9 Å². The van der Waals surface area contributed by atoms with Gasteiger partial charge in [-0.15, -0.1) is 0 Å². The summed E-state index contributed by atoms with van der Waals surface area (Å²) in [6.07, 6.45) is 55.4. The van der Waals surface area contributed by atoms with Gasteiger partial charge in [-0.3, -0.25) is 9.59 Å². The molecule has 0 fully saturated rings. The molecule has 8 nitrogen and oxygen atoms in total. The summed E-state index contributed by atoms with van der Waals surface area (Å²) in [6, 6.07) is -0.732. The topological polar surface area (TPSA) is 102 Å². The molecule has 8 heteroatoms. The SMILES string of the molecule is CC/C=C/C=C/C=C/CCCCCCCCCC(=O)OC(COCCC(C(=O)[O-])[N+](C)(C)C)COC(=O)CCCCCCCCC/C=C/C/C=C/CCCCCCCCCCC. The van der Waals surface area contributed by atoms with E-state index < -0.39 is 18.1 Å². The number of rotatable bonds is 45. The van der Waals surface area contributed by atoms with Crippen LogP contribution in [0.3, 0.4) is 0 Å². The number of carboxylic acids is 1. The molecule has 0 N–H and O–H groups in total. The third kappa shape index (κ3) is 42.3. The van der Waals surface area contributed by atoms with E-state index in [9.17, 15) is 19.5 Å². The molecule has 0 heterocycles. The van der Waals surface area contributed by atoms with E-state index in [0.29, 0.717) is 12.8 Å². The molecule has 0 aromatic carbocycles. The fraction of sp³-hybridized carbons (Fsp3) is 0.759. The first-order chi connectivity index (χ1) is 30.1. The Morgan fingerprint density at radius 3 is 1.45 bits per heavy atom. The first-order valence-corrected chi connectivity index (χ1v) is 25.3. The van der Waals surface area contributed by atoms with Crippen LogP contribution in [0.4, 0.5) is 0 Å². The van der Waals surface area contributed by atoms with Gasteiger partial charge in [0.25, 0.3) is 0 Å². The average Bonchev–Trinajstić information content (AvgIpc) is 3.23. The molecule has 0 aliphatic rings. The molecule has 2 atom stereocenters. The van der Waals surface area contributed by atoms with Gasteiger partial charge in [0.15, 0.2) is 6.10 Å². The molecule has 0 bridgehead atoms. The number of likely N-dealkylation sites (N-methyl/N-ethyl adjacent to an activating group) is 1. The number of carbonyl (C=O) groups is 3. The van der Waals surface area contributed by atoms with Crippen molar-refractivity contribution in [2.45, 2.75) is 225 Å². The molecule has 0 spiro atoms. The fourth-order valence-electron chi connectivity index (χ4n) is 7.28. The Kier molecular flexibility index (Phi) is 42.5. The summed E-state index contributed by atoms with van der Waals surface area (Å²) in [5.41, 5.74) is 0. The van der Waals surface area contributed by atoms with Gasteiger partial charge in [-0.25, -0.2) is 0 Å². The molecule has 0 aromatic heterocycles. The Morgan fingerprint density at radius 1 is 0.516 bits per heavy atom. The van der Waals surface area contributed by atoms with Gasteiger partial charge >= 0.3 is 11.9 Å². The molecule has 0 saturated carbocycles. The highest BCUT2D eigenvalue weighted by Gasteiger charge is 2.25. The molecule has 0 aromatic rings. The number of quaternary nitrogens is 1. The van der Waals surface area contributed by atoms with Gasteiger partial charge in [0, 0.05) is 19.3 Å². The van der Waals surface area contributed by atoms with Gasteiger partial charge in [0.05, 0.1) is 40.3 Å². The molecule has 0 saturated heterocycles. The van der Waals surface area contributed by atoms with E-state index in [-0.39, 0.29) is 42.7 Å². The van der Waals surface area contributed by atoms with Gasteiger partial charge in [0.1, 0.15) is 12.6 Å². The normalized spacial score (nSPS) is 13.4. The Bertz CT molecular complexity index is 1200. The van der Waals surface area contributed by atoms with Crippen molar-refractivity contribution in [2.75, 3.05) is 41.0 Å². The number of esters is 2. The summed E-state index contributed by atoms with van der Waals surface area (Å²) >= 11 is 0. The van der Waals surface area contributed by atoms with Gasteiger partial charge < -0.3 is 28.6 Å². The van der Waals surface area contributed by atoms with Crippen LogP contribution in [0.2, 0.25) is 0 Å². The van der Waals surface area contributed by atoms with E-state index >= 15 is 0 Å². The number of hydrogen-bond donors (Lipinski definition) is 0. The van der Waals surface area contributed by atoms with Gasteiger partial charge in [-0.05, 0) is 64.2 Å². The van der Waals surface area contributed by atoms with Crippen LogP contribution in [-0.4, -0.2) is 75.5 Å². The van der Waals surface area contributed by atoms with E-state index in [1.54, 1.807) is 21.1 Å².